The van der Waals surface area contributed by atoms with E-state index in [2.05, 4.69) is 5.10 Å². The summed E-state index contributed by atoms with van der Waals surface area (Å²) in [5.74, 6) is -0.334. The topological polar surface area (TPSA) is 58.7 Å². The average Bonchev–Trinajstić information content (AvgIpc) is 2.94. The van der Waals surface area contributed by atoms with E-state index in [1.807, 2.05) is 49.4 Å². The minimum Gasteiger partial charge on any atom is -0.288 e. The monoisotopic (exact) mass is 361 g/mol. The van der Waals surface area contributed by atoms with Crippen molar-refractivity contribution in [2.75, 3.05) is 0 Å². The molecule has 2 aromatic carbocycles. The zero-order valence-electron chi connectivity index (χ0n) is 14.4. The second-order valence-corrected chi connectivity index (χ2v) is 6.26. The van der Waals surface area contributed by atoms with Gasteiger partial charge >= 0.3 is 0 Å². The lowest BCUT2D eigenvalue weighted by Crippen LogP contribution is -2.02. The Morgan fingerprint density at radius 1 is 1.15 bits per heavy atom. The van der Waals surface area contributed by atoms with Crippen molar-refractivity contribution in [3.05, 3.63) is 87.7 Å². The Labute approximate surface area is 157 Å². The van der Waals surface area contributed by atoms with Crippen molar-refractivity contribution >= 4 is 23.5 Å². The molecule has 0 bridgehead atoms. The summed E-state index contributed by atoms with van der Waals surface area (Å²) in [5.41, 5.74) is 3.47. The van der Waals surface area contributed by atoms with Crippen molar-refractivity contribution in [2.45, 2.75) is 13.8 Å². The van der Waals surface area contributed by atoms with Crippen LogP contribution in [0.5, 0.6) is 0 Å². The largest absolute Gasteiger partial charge is 0.288 e. The lowest BCUT2D eigenvalue weighted by Gasteiger charge is -2.03. The molecule has 0 aliphatic heterocycles. The standard InChI is InChI=1S/C21H16ClN3O/c1-14-7-6-8-16(11-14)20(26)17(13-23)12-19-15(2)24-25(21(19)22)18-9-4-3-5-10-18/h3-12H,1-2H3/b17-12+. The van der Waals surface area contributed by atoms with Gasteiger partial charge in [-0.2, -0.15) is 10.4 Å². The Morgan fingerprint density at radius 3 is 2.54 bits per heavy atom. The minimum atomic E-state index is -0.334. The highest BCUT2D eigenvalue weighted by atomic mass is 35.5. The van der Waals surface area contributed by atoms with Crippen LogP contribution in [0.2, 0.25) is 5.15 Å². The van der Waals surface area contributed by atoms with Gasteiger partial charge in [0, 0.05) is 11.1 Å². The van der Waals surface area contributed by atoms with Crippen molar-refractivity contribution in [3.63, 3.8) is 0 Å². The molecule has 0 atom stereocenters. The third-order valence-corrected chi connectivity index (χ3v) is 4.35. The van der Waals surface area contributed by atoms with Crippen LogP contribution in [0.1, 0.15) is 27.2 Å². The summed E-state index contributed by atoms with van der Waals surface area (Å²) in [5, 5.41) is 14.3. The average molecular weight is 362 g/mol. The first-order valence-electron chi connectivity index (χ1n) is 8.05. The number of halogens is 1. The molecule has 1 aromatic heterocycles. The maximum absolute atomic E-state index is 12.7. The molecule has 0 fully saturated rings. The number of Topliss-reactive ketones (excluding diaryl/α,β-unsaturated/α-hetero) is 1. The summed E-state index contributed by atoms with van der Waals surface area (Å²) < 4.78 is 1.59. The lowest BCUT2D eigenvalue weighted by molar-refractivity contribution is 0.104. The van der Waals surface area contributed by atoms with Gasteiger partial charge in [0.1, 0.15) is 16.8 Å². The van der Waals surface area contributed by atoms with Gasteiger partial charge < -0.3 is 0 Å². The number of nitriles is 1. The van der Waals surface area contributed by atoms with E-state index < -0.39 is 0 Å². The van der Waals surface area contributed by atoms with E-state index in [0.717, 1.165) is 11.3 Å². The van der Waals surface area contributed by atoms with Crippen LogP contribution in [0.25, 0.3) is 11.8 Å². The third kappa shape index (κ3) is 3.44. The molecule has 0 amide bonds. The number of rotatable bonds is 4. The van der Waals surface area contributed by atoms with E-state index in [9.17, 15) is 10.1 Å². The molecular formula is C21H16ClN3O. The molecule has 128 valence electrons. The Balaban J connectivity index is 2.04. The molecule has 26 heavy (non-hydrogen) atoms. The maximum atomic E-state index is 12.7. The van der Waals surface area contributed by atoms with Crippen LogP contribution in [0, 0.1) is 25.2 Å². The Kier molecular flexibility index (Phi) is 5.01. The highest BCUT2D eigenvalue weighted by Gasteiger charge is 2.17. The molecule has 4 nitrogen and oxygen atoms in total. The first-order valence-corrected chi connectivity index (χ1v) is 8.42. The number of allylic oxidation sites excluding steroid dienone is 1. The molecule has 0 saturated carbocycles. The molecule has 0 N–H and O–H groups in total. The molecular weight excluding hydrogens is 346 g/mol. The molecule has 0 spiro atoms. The number of carbonyl (C=O) groups excluding carboxylic acids is 1. The second-order valence-electron chi connectivity index (χ2n) is 5.91. The Bertz CT molecular complexity index is 1040. The number of hydrogen-bond acceptors (Lipinski definition) is 3. The first kappa shape index (κ1) is 17.7. The Morgan fingerprint density at radius 2 is 1.88 bits per heavy atom. The van der Waals surface area contributed by atoms with E-state index in [4.69, 9.17) is 11.6 Å². The van der Waals surface area contributed by atoms with Crippen molar-refractivity contribution in [2.24, 2.45) is 0 Å². The van der Waals surface area contributed by atoms with Gasteiger partial charge in [-0.15, -0.1) is 0 Å². The van der Waals surface area contributed by atoms with Gasteiger partial charge in [0.25, 0.3) is 0 Å². The molecule has 5 heteroatoms. The van der Waals surface area contributed by atoms with Crippen molar-refractivity contribution in [1.29, 1.82) is 5.26 Å². The normalized spacial score (nSPS) is 11.2. The van der Waals surface area contributed by atoms with E-state index in [1.165, 1.54) is 6.08 Å². The van der Waals surface area contributed by atoms with Crippen LogP contribution in [-0.2, 0) is 0 Å². The minimum absolute atomic E-state index is 0.0215. The highest BCUT2D eigenvalue weighted by Crippen LogP contribution is 2.26. The molecule has 0 aliphatic carbocycles. The quantitative estimate of drug-likeness (QED) is 0.376. The summed E-state index contributed by atoms with van der Waals surface area (Å²) >= 11 is 6.48. The van der Waals surface area contributed by atoms with Gasteiger partial charge in [0.05, 0.1) is 11.4 Å². The summed E-state index contributed by atoms with van der Waals surface area (Å²) in [6.45, 7) is 3.70. The van der Waals surface area contributed by atoms with E-state index in [-0.39, 0.29) is 11.4 Å². The van der Waals surface area contributed by atoms with Crippen molar-refractivity contribution in [1.82, 2.24) is 9.78 Å². The van der Waals surface area contributed by atoms with Crippen molar-refractivity contribution in [3.8, 4) is 11.8 Å². The molecule has 3 rings (SSSR count). The summed E-state index contributed by atoms with van der Waals surface area (Å²) in [7, 11) is 0. The van der Waals surface area contributed by atoms with Gasteiger partial charge in [-0.3, -0.25) is 4.79 Å². The Hall–Kier alpha value is -3.16. The SMILES string of the molecule is Cc1cccc(C(=O)/C(C#N)=C/c2c(C)nn(-c3ccccc3)c2Cl)c1. The number of aryl methyl sites for hydroxylation is 2. The molecule has 3 aromatic rings. The van der Waals surface area contributed by atoms with E-state index in [1.54, 1.807) is 29.8 Å². The number of aromatic nitrogens is 2. The zero-order valence-corrected chi connectivity index (χ0v) is 15.2. The third-order valence-electron chi connectivity index (χ3n) is 3.98. The van der Waals surface area contributed by atoms with Gasteiger partial charge in [-0.1, -0.05) is 53.6 Å². The molecule has 0 unspecified atom stereocenters. The first-order chi connectivity index (χ1) is 12.5. The highest BCUT2D eigenvalue weighted by molar-refractivity contribution is 6.31. The molecule has 0 radical (unpaired) electrons. The fourth-order valence-corrected chi connectivity index (χ4v) is 2.98. The predicted octanol–water partition coefficient (Wildman–Crippen LogP) is 4.93. The fourth-order valence-electron chi connectivity index (χ4n) is 2.65. The number of ketones is 1. The van der Waals surface area contributed by atoms with E-state index >= 15 is 0 Å². The molecule has 0 saturated heterocycles. The fraction of sp³-hybridized carbons (Fsp3) is 0.0952. The molecule has 0 aliphatic rings. The van der Waals surface area contributed by atoms with Crippen LogP contribution in [0.4, 0.5) is 0 Å². The summed E-state index contributed by atoms with van der Waals surface area (Å²) in [4.78, 5) is 12.7. The van der Waals surface area contributed by atoms with Crippen molar-refractivity contribution < 1.29 is 4.79 Å². The van der Waals surface area contributed by atoms with Crippen LogP contribution in [0.15, 0.2) is 60.2 Å². The number of nitrogens with zero attached hydrogens (tertiary/aromatic N) is 3. The van der Waals surface area contributed by atoms with Crippen LogP contribution >= 0.6 is 11.6 Å². The smallest absolute Gasteiger partial charge is 0.203 e. The second kappa shape index (κ2) is 7.38. The van der Waals surface area contributed by atoms with Gasteiger partial charge in [0.15, 0.2) is 0 Å². The number of hydrogen-bond donors (Lipinski definition) is 0. The van der Waals surface area contributed by atoms with Crippen LogP contribution in [0.3, 0.4) is 0 Å². The van der Waals surface area contributed by atoms with Gasteiger partial charge in [0.2, 0.25) is 5.78 Å². The van der Waals surface area contributed by atoms with Gasteiger partial charge in [-0.05, 0) is 38.1 Å². The predicted molar refractivity (Wildman–Crippen MR) is 102 cm³/mol. The van der Waals surface area contributed by atoms with Crippen LogP contribution in [-0.4, -0.2) is 15.6 Å². The number of benzene rings is 2. The van der Waals surface area contributed by atoms with Gasteiger partial charge in [-0.25, -0.2) is 4.68 Å². The van der Waals surface area contributed by atoms with E-state index in [0.29, 0.717) is 22.0 Å². The zero-order chi connectivity index (χ0) is 18.7. The number of para-hydroxylation sites is 1. The molecule has 1 heterocycles. The number of carbonyl (C=O) groups is 1. The summed E-state index contributed by atoms with van der Waals surface area (Å²) in [6.07, 6.45) is 1.51. The summed E-state index contributed by atoms with van der Waals surface area (Å²) in [6, 6.07) is 18.6. The maximum Gasteiger partial charge on any atom is 0.203 e. The van der Waals surface area contributed by atoms with Crippen LogP contribution < -0.4 is 0 Å². The lowest BCUT2D eigenvalue weighted by atomic mass is 10.0.